The Morgan fingerprint density at radius 3 is 2.20 bits per heavy atom. The molecular weight excluding hydrogens is 1170 g/mol. The highest BCUT2D eigenvalue weighted by Gasteiger charge is 2.45. The van der Waals surface area contributed by atoms with Crippen molar-refractivity contribution in [3.63, 3.8) is 0 Å². The molecule has 4 aliphatic rings. The highest BCUT2D eigenvalue weighted by atomic mass is 32.1. The maximum Gasteiger partial charge on any atom is 0.317 e. The van der Waals surface area contributed by atoms with Crippen LogP contribution in [0.1, 0.15) is 92.6 Å². The van der Waals surface area contributed by atoms with Crippen molar-refractivity contribution in [3.05, 3.63) is 87.9 Å². The highest BCUT2D eigenvalue weighted by Crippen LogP contribution is 2.44. The number of thiazole rings is 1. The molecule has 0 spiro atoms. The highest BCUT2D eigenvalue weighted by molar-refractivity contribution is 7.13. The third kappa shape index (κ3) is 17.5. The predicted octanol–water partition coefficient (Wildman–Crippen LogP) is 5.26. The first-order valence-corrected chi connectivity index (χ1v) is 31.5. The van der Waals surface area contributed by atoms with Gasteiger partial charge in [0, 0.05) is 100 Å². The average Bonchev–Trinajstić information content (AvgIpc) is 1.69. The lowest BCUT2D eigenvalue weighted by molar-refractivity contribution is -0.144. The van der Waals surface area contributed by atoms with Gasteiger partial charge in [-0.1, -0.05) is 45.0 Å². The minimum atomic E-state index is -2.77. The van der Waals surface area contributed by atoms with Gasteiger partial charge in [-0.2, -0.15) is 10.2 Å². The summed E-state index contributed by atoms with van der Waals surface area (Å²) in [6.07, 6.45) is 3.47. The summed E-state index contributed by atoms with van der Waals surface area (Å²) in [6.45, 7) is 12.3. The zero-order valence-corrected chi connectivity index (χ0v) is 52.3. The number of urea groups is 1. The van der Waals surface area contributed by atoms with Gasteiger partial charge < -0.3 is 69.5 Å². The lowest BCUT2D eigenvalue weighted by atomic mass is 9.85. The van der Waals surface area contributed by atoms with Crippen molar-refractivity contribution in [2.45, 2.75) is 117 Å². The summed E-state index contributed by atoms with van der Waals surface area (Å²) in [7, 11) is 1.61. The Morgan fingerprint density at radius 1 is 0.865 bits per heavy atom. The summed E-state index contributed by atoms with van der Waals surface area (Å²) in [6, 6.07) is 9.34. The molecule has 3 atom stereocenters. The van der Waals surface area contributed by atoms with Gasteiger partial charge in [0.05, 0.1) is 100 Å². The molecule has 484 valence electrons. The number of carbonyl (C=O) groups excluding carboxylic acids is 5. The van der Waals surface area contributed by atoms with Crippen LogP contribution in [0.15, 0.2) is 54.3 Å². The number of aliphatic hydroxyl groups excluding tert-OH is 1. The monoisotopic (exact) mass is 1260 g/mol. The van der Waals surface area contributed by atoms with Crippen molar-refractivity contribution < 1.29 is 66.3 Å². The van der Waals surface area contributed by atoms with Crippen LogP contribution in [-0.4, -0.2) is 200 Å². The molecule has 5 aromatic rings. The molecule has 27 heteroatoms. The van der Waals surface area contributed by atoms with Crippen molar-refractivity contribution in [2.24, 2.45) is 5.41 Å². The molecule has 0 radical (unpaired) electrons. The number of amides is 6. The largest absolute Gasteiger partial charge is 0.391 e. The molecule has 7 heterocycles. The van der Waals surface area contributed by atoms with Crippen LogP contribution in [0, 0.1) is 12.3 Å². The standard InChI is InChI=1S/C62H84F2N12O12S/c1-40-55(89-39-68-40)42-10-8-41(9-11-42)32-67-59(80)52-30-46(77)35-75(52)60(81)56(62(2,3)4)70-54(79)38-88-28-26-86-24-22-84-21-23-85-25-27-87-37-53(78)66-15-18-73-34-44(33-69-73)47-29-43-7-6-16-74(51(43)31-48(47)57(63)64)58-49-36-72(61(82)65-5)17-12-50(49)76(71-58)45-13-19-83-20-14-45/h8-11,29,31,33-34,39,45-46,52,56-57,77H,6-7,12-28,30,32,35-38H2,1-5H3,(H,65,82)(H,66,78)(H,67,80)(H,70,79)/t46-,52+,56?/m1/s1. The van der Waals surface area contributed by atoms with Crippen molar-refractivity contribution >= 4 is 52.5 Å². The number of aryl methyl sites for hydroxylation is 2. The van der Waals surface area contributed by atoms with Crippen molar-refractivity contribution in [2.75, 3.05) is 117 Å². The SMILES string of the molecule is CNC(=O)N1CCc2c(c(N3CCCc4cc(-c5cnn(CCNC(=O)COCCOCCOCCOCCOCC(=O)NC(C(=O)N6C[C@H](O)C[C@H]6C(=O)NCc6ccc(-c7scnc7C)cc6)C(C)(C)C)c5)c(C(F)F)cc43)nn2C2CCOCC2)C1. The van der Waals surface area contributed by atoms with E-state index in [-0.39, 0.29) is 95.8 Å². The second kappa shape index (κ2) is 31.7. The molecule has 2 saturated heterocycles. The average molecular weight is 1260 g/mol. The predicted molar refractivity (Wildman–Crippen MR) is 327 cm³/mol. The zero-order valence-electron chi connectivity index (χ0n) is 51.4. The van der Waals surface area contributed by atoms with Gasteiger partial charge in [0.1, 0.15) is 25.3 Å². The number of ether oxygens (including phenoxy) is 6. The van der Waals surface area contributed by atoms with Crippen LogP contribution in [0.2, 0.25) is 0 Å². The number of alkyl halides is 2. The third-order valence-electron chi connectivity index (χ3n) is 16.2. The minimum absolute atomic E-state index is 0.0382. The number of nitrogens with one attached hydrogen (secondary N) is 4. The summed E-state index contributed by atoms with van der Waals surface area (Å²) in [5.41, 5.74) is 8.41. The fourth-order valence-corrected chi connectivity index (χ4v) is 12.4. The Hall–Kier alpha value is -6.98. The number of benzene rings is 2. The summed E-state index contributed by atoms with van der Waals surface area (Å²) >= 11 is 1.56. The lowest BCUT2D eigenvalue weighted by Gasteiger charge is -2.35. The van der Waals surface area contributed by atoms with Crippen LogP contribution in [0.5, 0.6) is 0 Å². The molecule has 4 aliphatic heterocycles. The number of β-amino-alcohol motifs (C(OH)–C–C–N with tert-alkyl or cyclic N) is 1. The molecule has 24 nitrogen and oxygen atoms in total. The van der Waals surface area contributed by atoms with Crippen LogP contribution in [0.25, 0.3) is 21.6 Å². The number of rotatable bonds is 29. The van der Waals surface area contributed by atoms with Gasteiger partial charge in [-0.3, -0.25) is 28.5 Å². The van der Waals surface area contributed by atoms with Crippen molar-refractivity contribution in [1.82, 2.24) is 55.6 Å². The fraction of sp³-hybridized carbons (Fsp3) is 0.581. The topological polar surface area (TPSA) is 267 Å². The normalized spacial score (nSPS) is 17.4. The Kier molecular flexibility index (Phi) is 23.6. The first-order valence-electron chi connectivity index (χ1n) is 30.6. The van der Waals surface area contributed by atoms with E-state index >= 15 is 8.78 Å². The smallest absolute Gasteiger partial charge is 0.317 e. The van der Waals surface area contributed by atoms with E-state index in [9.17, 15) is 29.1 Å². The first-order chi connectivity index (χ1) is 43.0. The van der Waals surface area contributed by atoms with E-state index in [4.69, 9.17) is 33.5 Å². The van der Waals surface area contributed by atoms with Crippen molar-refractivity contribution in [3.8, 4) is 21.6 Å². The number of carbonyl (C=O) groups is 5. The van der Waals surface area contributed by atoms with E-state index in [2.05, 4.69) is 40.9 Å². The number of halogens is 2. The molecule has 6 amide bonds. The first kappa shape index (κ1) is 66.4. The Labute approximate surface area is 521 Å². The van der Waals surface area contributed by atoms with E-state index in [1.54, 1.807) is 51.9 Å². The summed E-state index contributed by atoms with van der Waals surface area (Å²) in [5, 5.41) is 31.4. The van der Waals surface area contributed by atoms with Gasteiger partial charge in [0.25, 0.3) is 6.43 Å². The molecular formula is C62H84F2N12O12S. The maximum absolute atomic E-state index is 15.0. The second-order valence-corrected chi connectivity index (χ2v) is 24.5. The van der Waals surface area contributed by atoms with Crippen LogP contribution in [0.4, 0.5) is 25.1 Å². The molecule has 1 unspecified atom stereocenters. The number of anilines is 2. The molecule has 2 aromatic carbocycles. The number of hydrogen-bond donors (Lipinski definition) is 5. The molecule has 9 rings (SSSR count). The fourth-order valence-electron chi connectivity index (χ4n) is 11.6. The van der Waals surface area contributed by atoms with Crippen LogP contribution < -0.4 is 26.2 Å². The van der Waals surface area contributed by atoms with E-state index in [1.165, 1.54) is 4.90 Å². The molecule has 89 heavy (non-hydrogen) atoms. The van der Waals surface area contributed by atoms with Crippen LogP contribution in [0.3, 0.4) is 0 Å². The number of fused-ring (bicyclic) bond motifs is 2. The Bertz CT molecular complexity index is 3180. The number of nitrogens with zero attached hydrogens (tertiary/aromatic N) is 8. The Balaban J connectivity index is 0.615. The van der Waals surface area contributed by atoms with Gasteiger partial charge in [-0.05, 0) is 72.4 Å². The number of aromatic nitrogens is 5. The number of likely N-dealkylation sites (tertiary alicyclic amines) is 1. The molecule has 5 N–H and O–H groups in total. The third-order valence-corrected chi connectivity index (χ3v) is 17.2. The number of hydrogen-bond acceptors (Lipinski definition) is 17. The maximum atomic E-state index is 15.0. The van der Waals surface area contributed by atoms with Gasteiger partial charge in [0.15, 0.2) is 5.82 Å². The van der Waals surface area contributed by atoms with E-state index in [1.807, 2.05) is 58.0 Å². The van der Waals surface area contributed by atoms with Gasteiger partial charge >= 0.3 is 6.03 Å². The summed E-state index contributed by atoms with van der Waals surface area (Å²) < 4.78 is 67.1. The Morgan fingerprint density at radius 2 is 1.55 bits per heavy atom. The van der Waals surface area contributed by atoms with Gasteiger partial charge in [0.2, 0.25) is 23.6 Å². The summed E-state index contributed by atoms with van der Waals surface area (Å²) in [4.78, 5) is 76.3. The van der Waals surface area contributed by atoms with Crippen LogP contribution >= 0.6 is 11.3 Å². The van der Waals surface area contributed by atoms with E-state index < -0.39 is 47.7 Å². The van der Waals surface area contributed by atoms with Gasteiger partial charge in [-0.25, -0.2) is 18.6 Å². The van der Waals surface area contributed by atoms with Crippen LogP contribution in [-0.2, 0) is 80.1 Å². The van der Waals surface area contributed by atoms with E-state index in [0.29, 0.717) is 94.7 Å². The van der Waals surface area contributed by atoms with Gasteiger partial charge in [-0.15, -0.1) is 11.3 Å². The lowest BCUT2D eigenvalue weighted by Crippen LogP contribution is -2.58. The quantitative estimate of drug-likeness (QED) is 0.0383. The minimum Gasteiger partial charge on any atom is -0.391 e. The second-order valence-electron chi connectivity index (χ2n) is 23.6. The zero-order chi connectivity index (χ0) is 63.0. The molecule has 0 aliphatic carbocycles. The molecule has 0 bridgehead atoms. The summed E-state index contributed by atoms with van der Waals surface area (Å²) in [5.74, 6) is -0.993. The molecule has 2 fully saturated rings. The number of aliphatic hydroxyl groups is 1. The van der Waals surface area contributed by atoms with E-state index in [0.717, 1.165) is 57.8 Å². The van der Waals surface area contributed by atoms with Crippen molar-refractivity contribution in [1.29, 1.82) is 0 Å². The molecule has 0 saturated carbocycles. The molecule has 3 aromatic heterocycles.